The lowest BCUT2D eigenvalue weighted by Crippen LogP contribution is -1.97. The molecule has 3 nitrogen and oxygen atoms in total. The maximum Gasteiger partial charge on any atom is 0.141 e. The number of hydrogen-bond donors (Lipinski definition) is 0. The van der Waals surface area contributed by atoms with E-state index < -0.39 is 0 Å². The van der Waals surface area contributed by atoms with Crippen molar-refractivity contribution in [1.29, 1.82) is 0 Å². The smallest absolute Gasteiger partial charge is 0.141 e. The highest BCUT2D eigenvalue weighted by atomic mass is 15.1. The highest BCUT2D eigenvalue weighted by Gasteiger charge is 2.18. The molecule has 0 unspecified atom stereocenters. The summed E-state index contributed by atoms with van der Waals surface area (Å²) in [5.41, 5.74) is 8.79. The Kier molecular flexibility index (Phi) is 5.79. The van der Waals surface area contributed by atoms with Crippen molar-refractivity contribution in [2.75, 3.05) is 0 Å². The number of pyridine rings is 1. The van der Waals surface area contributed by atoms with Crippen molar-refractivity contribution in [3.63, 3.8) is 0 Å². The molecule has 0 aliphatic rings. The molecule has 9 aromatic rings. The quantitative estimate of drug-likeness (QED) is 0.195. The molecule has 2 aromatic heterocycles. The van der Waals surface area contributed by atoms with Crippen molar-refractivity contribution in [2.24, 2.45) is 0 Å². The molecule has 45 heavy (non-hydrogen) atoms. The Balaban J connectivity index is 1.22. The fourth-order valence-corrected chi connectivity index (χ4v) is 7.11. The minimum atomic E-state index is 0.867. The maximum atomic E-state index is 5.32. The molecule has 0 aliphatic carbocycles. The Labute approximate surface area is 261 Å². The molecule has 0 aliphatic heterocycles. The van der Waals surface area contributed by atoms with Crippen LogP contribution in [0.15, 0.2) is 146 Å². The Morgan fingerprint density at radius 2 is 1.02 bits per heavy atom. The van der Waals surface area contributed by atoms with Gasteiger partial charge in [-0.25, -0.2) is 9.97 Å². The molecule has 0 spiro atoms. The topological polar surface area (TPSA) is 30.7 Å². The summed E-state index contributed by atoms with van der Waals surface area (Å²) in [5, 5.41) is 8.68. The van der Waals surface area contributed by atoms with E-state index in [1.165, 1.54) is 54.3 Å². The van der Waals surface area contributed by atoms with Crippen molar-refractivity contribution in [2.45, 2.75) is 13.5 Å². The average molecular weight is 576 g/mol. The average Bonchev–Trinajstić information content (AvgIpc) is 3.50. The zero-order valence-electron chi connectivity index (χ0n) is 24.9. The fraction of sp³-hybridized carbons (Fsp3) is 0.0476. The fourth-order valence-electron chi connectivity index (χ4n) is 7.11. The van der Waals surface area contributed by atoms with Crippen LogP contribution in [-0.4, -0.2) is 14.5 Å². The van der Waals surface area contributed by atoms with Crippen LogP contribution in [0.2, 0.25) is 0 Å². The Morgan fingerprint density at radius 1 is 0.444 bits per heavy atom. The van der Waals surface area contributed by atoms with Gasteiger partial charge < -0.3 is 4.57 Å². The molecule has 212 valence electrons. The molecule has 0 saturated carbocycles. The molecular weight excluding hydrogens is 546 g/mol. The number of aromatic nitrogens is 3. The highest BCUT2D eigenvalue weighted by Crippen LogP contribution is 2.43. The predicted molar refractivity (Wildman–Crippen MR) is 190 cm³/mol. The van der Waals surface area contributed by atoms with Gasteiger partial charge >= 0.3 is 0 Å². The van der Waals surface area contributed by atoms with Gasteiger partial charge in [-0.05, 0) is 63.9 Å². The summed E-state index contributed by atoms with van der Waals surface area (Å²) in [6.07, 6.45) is 0. The molecule has 0 radical (unpaired) electrons. The number of rotatable bonds is 4. The van der Waals surface area contributed by atoms with E-state index in [0.29, 0.717) is 0 Å². The first-order valence-corrected chi connectivity index (χ1v) is 15.6. The minimum absolute atomic E-state index is 0.867. The predicted octanol–water partition coefficient (Wildman–Crippen LogP) is 11.1. The zero-order chi connectivity index (χ0) is 29.9. The summed E-state index contributed by atoms with van der Waals surface area (Å²) in [7, 11) is 0. The lowest BCUT2D eigenvalue weighted by molar-refractivity contribution is 0.796. The van der Waals surface area contributed by atoms with Crippen LogP contribution in [0.4, 0.5) is 0 Å². The van der Waals surface area contributed by atoms with Crippen LogP contribution in [-0.2, 0) is 6.54 Å². The number of nitrogens with zero attached hydrogens (tertiary/aromatic N) is 3. The van der Waals surface area contributed by atoms with E-state index in [-0.39, 0.29) is 0 Å². The number of imidazole rings is 1. The molecule has 0 fully saturated rings. The molecule has 9 rings (SSSR count). The van der Waals surface area contributed by atoms with Crippen LogP contribution in [0, 0.1) is 0 Å². The van der Waals surface area contributed by atoms with Crippen molar-refractivity contribution in [3.05, 3.63) is 146 Å². The monoisotopic (exact) mass is 575 g/mol. The van der Waals surface area contributed by atoms with E-state index in [4.69, 9.17) is 9.97 Å². The van der Waals surface area contributed by atoms with Gasteiger partial charge in [0, 0.05) is 33.8 Å². The first-order valence-electron chi connectivity index (χ1n) is 15.6. The van der Waals surface area contributed by atoms with Gasteiger partial charge in [-0.2, -0.15) is 0 Å². The van der Waals surface area contributed by atoms with Crippen LogP contribution >= 0.6 is 0 Å². The summed E-state index contributed by atoms with van der Waals surface area (Å²) in [4.78, 5) is 10.3. The second kappa shape index (κ2) is 10.1. The molecule has 2 heterocycles. The number of fused-ring (bicyclic) bond motifs is 9. The van der Waals surface area contributed by atoms with E-state index in [0.717, 1.165) is 40.2 Å². The number of hydrogen-bond acceptors (Lipinski definition) is 2. The van der Waals surface area contributed by atoms with Gasteiger partial charge in [-0.15, -0.1) is 0 Å². The second-order valence-electron chi connectivity index (χ2n) is 11.6. The third kappa shape index (κ3) is 3.98. The highest BCUT2D eigenvalue weighted by molar-refractivity contribution is 6.33. The summed E-state index contributed by atoms with van der Waals surface area (Å²) in [6, 6.07) is 52.1. The van der Waals surface area contributed by atoms with Crippen LogP contribution in [0.5, 0.6) is 0 Å². The molecule has 0 N–H and O–H groups in total. The molecule has 3 heteroatoms. The first-order chi connectivity index (χ1) is 22.3. The summed E-state index contributed by atoms with van der Waals surface area (Å²) < 4.78 is 2.29. The van der Waals surface area contributed by atoms with E-state index in [2.05, 4.69) is 157 Å². The molecular formula is C42H29N3. The SMILES string of the molecule is CCn1c(-c2cccc(-c3ccc(-c4nc5ccccc5c5c6ccccc6c6ccccc6c45)cc3)c2)nc2ccccc21. The van der Waals surface area contributed by atoms with E-state index in [9.17, 15) is 0 Å². The Hall–Kier alpha value is -5.80. The largest absolute Gasteiger partial charge is 0.324 e. The van der Waals surface area contributed by atoms with Gasteiger partial charge in [0.05, 0.1) is 22.2 Å². The first kappa shape index (κ1) is 25.7. The van der Waals surface area contributed by atoms with Gasteiger partial charge in [0.25, 0.3) is 0 Å². The van der Waals surface area contributed by atoms with Crippen LogP contribution in [0.25, 0.3) is 88.0 Å². The van der Waals surface area contributed by atoms with Crippen LogP contribution < -0.4 is 0 Å². The molecule has 0 atom stereocenters. The van der Waals surface area contributed by atoms with Gasteiger partial charge in [-0.3, -0.25) is 0 Å². The van der Waals surface area contributed by atoms with Gasteiger partial charge in [0.15, 0.2) is 0 Å². The third-order valence-corrected chi connectivity index (χ3v) is 9.16. The zero-order valence-corrected chi connectivity index (χ0v) is 24.9. The van der Waals surface area contributed by atoms with Crippen molar-refractivity contribution >= 4 is 54.3 Å². The third-order valence-electron chi connectivity index (χ3n) is 9.16. The lowest BCUT2D eigenvalue weighted by atomic mass is 9.89. The van der Waals surface area contributed by atoms with Gasteiger partial charge in [0.2, 0.25) is 0 Å². The standard InChI is InChI=1S/C42H29N3/c1-2-45-38-21-10-9-20-37(38)44-42(45)30-13-11-12-29(26-30)27-22-24-28(25-23-27)41-40-34-17-6-4-15-32(34)31-14-3-5-16-33(31)39(40)35-18-7-8-19-36(35)43-41/h3-26H,2H2,1H3. The minimum Gasteiger partial charge on any atom is -0.324 e. The van der Waals surface area contributed by atoms with Crippen molar-refractivity contribution in [3.8, 4) is 33.8 Å². The van der Waals surface area contributed by atoms with E-state index >= 15 is 0 Å². The van der Waals surface area contributed by atoms with Crippen molar-refractivity contribution < 1.29 is 0 Å². The maximum absolute atomic E-state index is 5.32. The second-order valence-corrected chi connectivity index (χ2v) is 11.6. The molecule has 7 aromatic carbocycles. The Morgan fingerprint density at radius 3 is 1.76 bits per heavy atom. The summed E-state index contributed by atoms with van der Waals surface area (Å²) >= 11 is 0. The molecule has 0 amide bonds. The van der Waals surface area contributed by atoms with E-state index in [1.807, 2.05) is 0 Å². The molecule has 0 bridgehead atoms. The normalized spacial score (nSPS) is 11.8. The van der Waals surface area contributed by atoms with Crippen LogP contribution in [0.3, 0.4) is 0 Å². The summed E-state index contributed by atoms with van der Waals surface area (Å²) in [6.45, 7) is 3.04. The van der Waals surface area contributed by atoms with Gasteiger partial charge in [-0.1, -0.05) is 121 Å². The van der Waals surface area contributed by atoms with E-state index in [1.54, 1.807) is 0 Å². The lowest BCUT2D eigenvalue weighted by Gasteiger charge is -2.16. The van der Waals surface area contributed by atoms with Crippen LogP contribution in [0.1, 0.15) is 6.92 Å². The number of para-hydroxylation sites is 3. The van der Waals surface area contributed by atoms with Gasteiger partial charge in [0.1, 0.15) is 5.82 Å². The number of benzene rings is 7. The Bertz CT molecular complexity index is 2570. The molecule has 0 saturated heterocycles. The van der Waals surface area contributed by atoms with Crippen molar-refractivity contribution in [1.82, 2.24) is 14.5 Å². The summed E-state index contributed by atoms with van der Waals surface area (Å²) in [5.74, 6) is 1.00. The number of aryl methyl sites for hydroxylation is 1.